The summed E-state index contributed by atoms with van der Waals surface area (Å²) in [5, 5.41) is 0. The fraction of sp³-hybridized carbons (Fsp3) is 0.500. The molecule has 6 heteroatoms. The zero-order valence-corrected chi connectivity index (χ0v) is 11.9. The number of anilines is 1. The predicted molar refractivity (Wildman–Crippen MR) is 78.0 cm³/mol. The molecule has 20 heavy (non-hydrogen) atoms. The van der Waals surface area contributed by atoms with Crippen molar-refractivity contribution in [3.63, 3.8) is 0 Å². The van der Waals surface area contributed by atoms with Crippen LogP contribution in [0.1, 0.15) is 0 Å². The topological polar surface area (TPSA) is 50.3 Å². The Morgan fingerprint density at radius 2 is 2.15 bits per heavy atom. The van der Waals surface area contributed by atoms with E-state index < -0.39 is 0 Å². The van der Waals surface area contributed by atoms with Gasteiger partial charge in [-0.25, -0.2) is 9.37 Å². The Bertz CT molecular complexity index is 623. The number of piperazine rings is 1. The fourth-order valence-electron chi connectivity index (χ4n) is 2.83. The van der Waals surface area contributed by atoms with Gasteiger partial charge in [-0.15, -0.1) is 0 Å². The van der Waals surface area contributed by atoms with Gasteiger partial charge in [0.05, 0.1) is 5.52 Å². The Morgan fingerprint density at radius 1 is 1.35 bits per heavy atom. The summed E-state index contributed by atoms with van der Waals surface area (Å²) in [5.41, 5.74) is 7.10. The molecule has 5 nitrogen and oxygen atoms in total. The Morgan fingerprint density at radius 3 is 2.95 bits per heavy atom. The number of rotatable bonds is 2. The standard InChI is InChI=1S/C14H20FN5/c1-18-6-7-19(2)10(8-18)9-20-12-5-3-4-11(15)13(12)17-14(20)16/h3-5,10H,6-9H2,1-2H3,(H2,16,17). The minimum Gasteiger partial charge on any atom is -0.369 e. The van der Waals surface area contributed by atoms with Crippen molar-refractivity contribution in [3.8, 4) is 0 Å². The van der Waals surface area contributed by atoms with Gasteiger partial charge in [-0.3, -0.25) is 4.90 Å². The monoisotopic (exact) mass is 277 g/mol. The zero-order valence-electron chi connectivity index (χ0n) is 11.9. The maximum absolute atomic E-state index is 13.7. The van der Waals surface area contributed by atoms with Gasteiger partial charge in [-0.2, -0.15) is 0 Å². The van der Waals surface area contributed by atoms with Crippen LogP contribution in [0.15, 0.2) is 18.2 Å². The molecule has 1 aromatic heterocycles. The van der Waals surface area contributed by atoms with Crippen LogP contribution in [0.3, 0.4) is 0 Å². The third-order valence-corrected chi connectivity index (χ3v) is 4.13. The van der Waals surface area contributed by atoms with E-state index in [1.165, 1.54) is 6.07 Å². The third kappa shape index (κ3) is 2.25. The molecule has 0 bridgehead atoms. The molecule has 2 aromatic rings. The number of nitrogens with zero attached hydrogens (tertiary/aromatic N) is 4. The molecule has 1 aliphatic heterocycles. The first-order chi connectivity index (χ1) is 9.56. The van der Waals surface area contributed by atoms with Crippen molar-refractivity contribution in [2.45, 2.75) is 12.6 Å². The molecule has 1 atom stereocenters. The largest absolute Gasteiger partial charge is 0.369 e. The summed E-state index contributed by atoms with van der Waals surface area (Å²) in [6.45, 7) is 3.81. The van der Waals surface area contributed by atoms with Crippen LogP contribution >= 0.6 is 0 Å². The number of para-hydroxylation sites is 1. The van der Waals surface area contributed by atoms with Gasteiger partial charge in [-0.05, 0) is 26.2 Å². The maximum Gasteiger partial charge on any atom is 0.201 e. The number of imidazole rings is 1. The van der Waals surface area contributed by atoms with Gasteiger partial charge in [-0.1, -0.05) is 6.07 Å². The van der Waals surface area contributed by atoms with Gasteiger partial charge in [0.2, 0.25) is 5.95 Å². The van der Waals surface area contributed by atoms with Crippen LogP contribution in [0, 0.1) is 5.82 Å². The van der Waals surface area contributed by atoms with Crippen molar-refractivity contribution in [1.29, 1.82) is 0 Å². The molecule has 0 amide bonds. The second-order valence-corrected chi connectivity index (χ2v) is 5.58. The lowest BCUT2D eigenvalue weighted by Gasteiger charge is -2.38. The molecule has 0 radical (unpaired) electrons. The highest BCUT2D eigenvalue weighted by Gasteiger charge is 2.24. The van der Waals surface area contributed by atoms with Crippen molar-refractivity contribution in [1.82, 2.24) is 19.4 Å². The Labute approximate surface area is 117 Å². The minimum atomic E-state index is -0.318. The van der Waals surface area contributed by atoms with E-state index in [2.05, 4.69) is 28.9 Å². The van der Waals surface area contributed by atoms with Gasteiger partial charge < -0.3 is 15.2 Å². The second-order valence-electron chi connectivity index (χ2n) is 5.58. The molecule has 0 aliphatic carbocycles. The molecule has 0 saturated carbocycles. The number of likely N-dealkylation sites (N-methyl/N-ethyl adjacent to an activating group) is 2. The summed E-state index contributed by atoms with van der Waals surface area (Å²) in [4.78, 5) is 8.79. The molecule has 2 N–H and O–H groups in total. The molecule has 1 aliphatic rings. The summed E-state index contributed by atoms with van der Waals surface area (Å²) in [5.74, 6) is 0.0637. The Hall–Kier alpha value is -1.66. The van der Waals surface area contributed by atoms with Crippen LogP contribution in [-0.2, 0) is 6.54 Å². The molecule has 1 fully saturated rings. The lowest BCUT2D eigenvalue weighted by molar-refractivity contribution is 0.104. The number of nitrogens with two attached hydrogens (primary N) is 1. The smallest absolute Gasteiger partial charge is 0.201 e. The highest BCUT2D eigenvalue weighted by atomic mass is 19.1. The van der Waals surface area contributed by atoms with E-state index >= 15 is 0 Å². The van der Waals surface area contributed by atoms with Crippen LogP contribution in [0.25, 0.3) is 11.0 Å². The van der Waals surface area contributed by atoms with E-state index in [9.17, 15) is 4.39 Å². The van der Waals surface area contributed by atoms with Crippen molar-refractivity contribution in [2.24, 2.45) is 0 Å². The van der Waals surface area contributed by atoms with E-state index in [0.29, 0.717) is 17.5 Å². The van der Waals surface area contributed by atoms with E-state index in [-0.39, 0.29) is 5.82 Å². The van der Waals surface area contributed by atoms with E-state index in [1.54, 1.807) is 6.07 Å². The SMILES string of the molecule is CN1CCN(C)C(Cn2c(N)nc3c(F)cccc32)C1. The lowest BCUT2D eigenvalue weighted by atomic mass is 10.2. The van der Waals surface area contributed by atoms with Crippen molar-refractivity contribution >= 4 is 17.0 Å². The van der Waals surface area contributed by atoms with Gasteiger partial charge in [0.1, 0.15) is 5.52 Å². The third-order valence-electron chi connectivity index (χ3n) is 4.13. The average Bonchev–Trinajstić information content (AvgIpc) is 2.73. The van der Waals surface area contributed by atoms with Gasteiger partial charge in [0, 0.05) is 32.2 Å². The molecule has 1 saturated heterocycles. The molecule has 3 rings (SSSR count). The summed E-state index contributed by atoms with van der Waals surface area (Å²) < 4.78 is 15.7. The second kappa shape index (κ2) is 5.03. The summed E-state index contributed by atoms with van der Waals surface area (Å²) >= 11 is 0. The molecular weight excluding hydrogens is 257 g/mol. The van der Waals surface area contributed by atoms with Gasteiger partial charge in [0.25, 0.3) is 0 Å². The summed E-state index contributed by atoms with van der Waals surface area (Å²) in [7, 11) is 4.24. The molecule has 1 aromatic carbocycles. The molecular formula is C14H20FN5. The van der Waals surface area contributed by atoms with Crippen LogP contribution in [0.2, 0.25) is 0 Å². The Balaban J connectivity index is 1.94. The molecule has 108 valence electrons. The summed E-state index contributed by atoms with van der Waals surface area (Å²) in [6.07, 6.45) is 0. The minimum absolute atomic E-state index is 0.318. The Kier molecular flexibility index (Phi) is 3.35. The predicted octanol–water partition coefficient (Wildman–Crippen LogP) is 1.00. The fourth-order valence-corrected chi connectivity index (χ4v) is 2.83. The van der Waals surface area contributed by atoms with Crippen LogP contribution in [0.4, 0.5) is 10.3 Å². The average molecular weight is 277 g/mol. The zero-order chi connectivity index (χ0) is 14.3. The molecule has 2 heterocycles. The van der Waals surface area contributed by atoms with Gasteiger partial charge >= 0.3 is 0 Å². The first-order valence-electron chi connectivity index (χ1n) is 6.85. The van der Waals surface area contributed by atoms with Crippen molar-refractivity contribution in [3.05, 3.63) is 24.0 Å². The molecule has 1 unspecified atom stereocenters. The first kappa shape index (κ1) is 13.3. The number of benzene rings is 1. The molecule has 0 spiro atoms. The summed E-state index contributed by atoms with van der Waals surface area (Å²) in [6, 6.07) is 5.34. The van der Waals surface area contributed by atoms with Crippen LogP contribution in [-0.4, -0.2) is 59.1 Å². The highest BCUT2D eigenvalue weighted by Crippen LogP contribution is 2.22. The van der Waals surface area contributed by atoms with Crippen LogP contribution in [0.5, 0.6) is 0 Å². The first-order valence-corrected chi connectivity index (χ1v) is 6.85. The van der Waals surface area contributed by atoms with E-state index in [4.69, 9.17) is 5.73 Å². The number of nitrogen functional groups attached to an aromatic ring is 1. The lowest BCUT2D eigenvalue weighted by Crippen LogP contribution is -2.51. The highest BCUT2D eigenvalue weighted by molar-refractivity contribution is 5.78. The number of hydrogen-bond donors (Lipinski definition) is 1. The normalized spacial score (nSPS) is 21.6. The van der Waals surface area contributed by atoms with Crippen LogP contribution < -0.4 is 5.73 Å². The number of halogens is 1. The number of hydrogen-bond acceptors (Lipinski definition) is 4. The maximum atomic E-state index is 13.7. The quantitative estimate of drug-likeness (QED) is 0.890. The van der Waals surface area contributed by atoms with E-state index in [1.807, 2.05) is 10.6 Å². The van der Waals surface area contributed by atoms with Gasteiger partial charge in [0.15, 0.2) is 5.82 Å². The van der Waals surface area contributed by atoms with Crippen molar-refractivity contribution < 1.29 is 4.39 Å². The number of aromatic nitrogens is 2. The van der Waals surface area contributed by atoms with Crippen molar-refractivity contribution in [2.75, 3.05) is 39.5 Å². The number of fused-ring (bicyclic) bond motifs is 1. The van der Waals surface area contributed by atoms with E-state index in [0.717, 1.165) is 31.7 Å².